The Kier molecular flexibility index (Phi) is 5.34. The molecule has 0 spiro atoms. The topological polar surface area (TPSA) is 85.6 Å². The highest BCUT2D eigenvalue weighted by atomic mass is 35.5. The van der Waals surface area contributed by atoms with Crippen molar-refractivity contribution in [2.24, 2.45) is 7.05 Å². The highest BCUT2D eigenvalue weighted by Gasteiger charge is 2.41. The van der Waals surface area contributed by atoms with E-state index in [4.69, 9.17) is 16.3 Å². The molecule has 2 aromatic carbocycles. The number of hydrogen-bond donors (Lipinski definition) is 1. The number of amides is 2. The maximum absolute atomic E-state index is 13.1. The number of anilines is 2. The van der Waals surface area contributed by atoms with Gasteiger partial charge in [-0.2, -0.15) is 0 Å². The average Bonchev–Trinajstić information content (AvgIpc) is 2.95. The van der Waals surface area contributed by atoms with Crippen molar-refractivity contribution < 1.29 is 14.3 Å². The number of rotatable bonds is 4. The highest BCUT2D eigenvalue weighted by molar-refractivity contribution is 6.31. The molecule has 2 heterocycles. The molecular weight excluding hydrogens is 432 g/mol. The van der Waals surface area contributed by atoms with Crippen molar-refractivity contribution >= 4 is 34.8 Å². The summed E-state index contributed by atoms with van der Waals surface area (Å²) in [5, 5.41) is 3.10. The Hall–Kier alpha value is -3.52. The fraction of sp³-hybridized carbons (Fsp3) is 0.261. The van der Waals surface area contributed by atoms with E-state index in [1.165, 1.54) is 9.58 Å². The van der Waals surface area contributed by atoms with Crippen LogP contribution in [0.25, 0.3) is 5.69 Å². The minimum absolute atomic E-state index is 0.160. The van der Waals surface area contributed by atoms with Gasteiger partial charge in [0.2, 0.25) is 5.91 Å². The third-order valence-corrected chi connectivity index (χ3v) is 5.69. The minimum Gasteiger partial charge on any atom is -0.476 e. The van der Waals surface area contributed by atoms with Crippen molar-refractivity contribution in [2.75, 3.05) is 16.8 Å². The first-order valence-electron chi connectivity index (χ1n) is 10.0. The summed E-state index contributed by atoms with van der Waals surface area (Å²) in [4.78, 5) is 40.3. The van der Waals surface area contributed by atoms with Gasteiger partial charge in [0.25, 0.3) is 11.5 Å². The normalized spacial score (nSPS) is 14.7. The van der Waals surface area contributed by atoms with Gasteiger partial charge in [0.15, 0.2) is 5.60 Å². The number of benzene rings is 2. The van der Waals surface area contributed by atoms with Gasteiger partial charge in [-0.15, -0.1) is 0 Å². The van der Waals surface area contributed by atoms with Crippen molar-refractivity contribution in [3.8, 4) is 11.4 Å². The van der Waals surface area contributed by atoms with Crippen LogP contribution >= 0.6 is 11.6 Å². The summed E-state index contributed by atoms with van der Waals surface area (Å²) in [6.45, 7) is 4.72. The van der Waals surface area contributed by atoms with Crippen molar-refractivity contribution in [3.05, 3.63) is 69.6 Å². The van der Waals surface area contributed by atoms with E-state index in [1.54, 1.807) is 50.7 Å². The zero-order valence-electron chi connectivity index (χ0n) is 18.2. The Labute approximate surface area is 189 Å². The Balaban J connectivity index is 1.65. The smallest absolute Gasteiger partial charge is 0.295 e. The molecule has 0 bridgehead atoms. The lowest BCUT2D eigenvalue weighted by Crippen LogP contribution is -2.54. The van der Waals surface area contributed by atoms with Crippen molar-refractivity contribution in [1.82, 2.24) is 9.36 Å². The molecule has 0 atom stereocenters. The lowest BCUT2D eigenvalue weighted by molar-refractivity contribution is -0.133. The number of aromatic nitrogens is 2. The molecule has 1 aliphatic heterocycles. The molecule has 1 N–H and O–H groups in total. The number of hydrogen-bond acceptors (Lipinski definition) is 4. The second kappa shape index (κ2) is 7.87. The van der Waals surface area contributed by atoms with Gasteiger partial charge < -0.3 is 10.1 Å². The van der Waals surface area contributed by atoms with Crippen molar-refractivity contribution in [3.63, 3.8) is 0 Å². The first-order chi connectivity index (χ1) is 15.1. The average molecular weight is 455 g/mol. The SMILES string of the molecule is Cc1c(NC(=O)CN2C(=O)C(C)(C)Oc3ccc(Cl)cc32)c(=O)n(-c2ccccc2)n1C. The van der Waals surface area contributed by atoms with Gasteiger partial charge in [-0.05, 0) is 51.1 Å². The maximum atomic E-state index is 13.1. The quantitative estimate of drug-likeness (QED) is 0.655. The van der Waals surface area contributed by atoms with Crippen molar-refractivity contribution in [2.45, 2.75) is 26.4 Å². The predicted octanol–water partition coefficient (Wildman–Crippen LogP) is 3.28. The lowest BCUT2D eigenvalue weighted by atomic mass is 10.0. The Morgan fingerprint density at radius 2 is 1.81 bits per heavy atom. The number of para-hydroxylation sites is 1. The molecule has 0 saturated carbocycles. The van der Waals surface area contributed by atoms with Gasteiger partial charge in [-0.25, -0.2) is 4.68 Å². The summed E-state index contributed by atoms with van der Waals surface area (Å²) in [7, 11) is 1.74. The van der Waals surface area contributed by atoms with Gasteiger partial charge in [-0.1, -0.05) is 29.8 Å². The molecule has 4 rings (SSSR count). The van der Waals surface area contributed by atoms with Gasteiger partial charge in [0.05, 0.1) is 17.1 Å². The van der Waals surface area contributed by atoms with Crippen LogP contribution < -0.4 is 20.5 Å². The molecule has 0 unspecified atom stereocenters. The van der Waals surface area contributed by atoms with E-state index in [9.17, 15) is 14.4 Å². The number of fused-ring (bicyclic) bond motifs is 1. The van der Waals surface area contributed by atoms with Gasteiger partial charge >= 0.3 is 0 Å². The molecule has 9 heteroatoms. The molecule has 0 saturated heterocycles. The molecule has 0 fully saturated rings. The molecule has 0 radical (unpaired) electrons. The van der Waals surface area contributed by atoms with Gasteiger partial charge in [0, 0.05) is 12.1 Å². The van der Waals surface area contributed by atoms with Crippen LogP contribution in [0.1, 0.15) is 19.5 Å². The first kappa shape index (κ1) is 21.7. The Bertz CT molecular complexity index is 1280. The number of nitrogens with zero attached hydrogens (tertiary/aromatic N) is 3. The lowest BCUT2D eigenvalue weighted by Gasteiger charge is -2.38. The number of halogens is 1. The predicted molar refractivity (Wildman–Crippen MR) is 123 cm³/mol. The number of carbonyl (C=O) groups is 2. The van der Waals surface area contributed by atoms with E-state index < -0.39 is 11.5 Å². The molecule has 1 aromatic heterocycles. The van der Waals surface area contributed by atoms with E-state index >= 15 is 0 Å². The van der Waals surface area contributed by atoms with Gasteiger partial charge in [-0.3, -0.25) is 24.0 Å². The zero-order valence-corrected chi connectivity index (χ0v) is 18.9. The van der Waals surface area contributed by atoms with Crippen LogP contribution in [-0.2, 0) is 16.6 Å². The molecule has 8 nitrogen and oxygen atoms in total. The summed E-state index contributed by atoms with van der Waals surface area (Å²) >= 11 is 6.11. The number of carbonyl (C=O) groups excluding carboxylic acids is 2. The third kappa shape index (κ3) is 3.67. The molecule has 32 heavy (non-hydrogen) atoms. The summed E-state index contributed by atoms with van der Waals surface area (Å²) in [5.41, 5.74) is 0.323. The Morgan fingerprint density at radius 1 is 1.12 bits per heavy atom. The van der Waals surface area contributed by atoms with Crippen LogP contribution in [0, 0.1) is 6.92 Å². The summed E-state index contributed by atoms with van der Waals surface area (Å²) in [5.74, 6) is -0.434. The molecule has 166 valence electrons. The van der Waals surface area contributed by atoms with E-state index in [0.717, 1.165) is 0 Å². The first-order valence-corrected chi connectivity index (χ1v) is 10.4. The number of nitrogens with one attached hydrogen (secondary N) is 1. The van der Waals surface area contributed by atoms with Crippen LogP contribution in [0.2, 0.25) is 5.02 Å². The minimum atomic E-state index is -1.15. The van der Waals surface area contributed by atoms with Crippen LogP contribution in [0.4, 0.5) is 11.4 Å². The standard InChI is InChI=1S/C23H23ClN4O4/c1-14-20(21(30)28(26(14)4)16-8-6-5-7-9-16)25-19(29)13-27-17-12-15(24)10-11-18(17)32-23(2,3)22(27)31/h5-12H,13H2,1-4H3,(H,25,29). The highest BCUT2D eigenvalue weighted by Crippen LogP contribution is 2.39. The fourth-order valence-electron chi connectivity index (χ4n) is 3.73. The zero-order chi connectivity index (χ0) is 23.2. The largest absolute Gasteiger partial charge is 0.476 e. The van der Waals surface area contributed by atoms with E-state index in [2.05, 4.69) is 5.32 Å². The number of ether oxygens (including phenoxy) is 1. The maximum Gasteiger partial charge on any atom is 0.295 e. The van der Waals surface area contributed by atoms with Crippen LogP contribution in [-0.4, -0.2) is 33.3 Å². The molecule has 0 aliphatic carbocycles. The van der Waals surface area contributed by atoms with Gasteiger partial charge in [0.1, 0.15) is 18.0 Å². The second-order valence-electron chi connectivity index (χ2n) is 8.10. The van der Waals surface area contributed by atoms with Crippen LogP contribution in [0.5, 0.6) is 5.75 Å². The van der Waals surface area contributed by atoms with E-state index in [0.29, 0.717) is 27.8 Å². The molecule has 3 aromatic rings. The summed E-state index contributed by atoms with van der Waals surface area (Å²) in [6.07, 6.45) is 0. The van der Waals surface area contributed by atoms with Crippen molar-refractivity contribution in [1.29, 1.82) is 0 Å². The van der Waals surface area contributed by atoms with E-state index in [1.807, 2.05) is 30.3 Å². The summed E-state index contributed by atoms with van der Waals surface area (Å²) in [6, 6.07) is 14.0. The van der Waals surface area contributed by atoms with Crippen LogP contribution in [0.15, 0.2) is 53.3 Å². The molecule has 2 amide bonds. The monoisotopic (exact) mass is 454 g/mol. The summed E-state index contributed by atoms with van der Waals surface area (Å²) < 4.78 is 8.93. The van der Waals surface area contributed by atoms with Crippen LogP contribution in [0.3, 0.4) is 0 Å². The molecule has 1 aliphatic rings. The van der Waals surface area contributed by atoms with E-state index in [-0.39, 0.29) is 23.7 Å². The Morgan fingerprint density at radius 3 is 2.50 bits per heavy atom. The molecular formula is C23H23ClN4O4. The fourth-order valence-corrected chi connectivity index (χ4v) is 3.90. The second-order valence-corrected chi connectivity index (χ2v) is 8.54. The third-order valence-electron chi connectivity index (χ3n) is 5.46.